The number of hydrazine groups is 1. The molecular weight excluding hydrogens is 271 g/mol. The number of halogens is 1. The summed E-state index contributed by atoms with van der Waals surface area (Å²) in [6.45, 7) is 4.19. The third-order valence-electron chi connectivity index (χ3n) is 3.36. The summed E-state index contributed by atoms with van der Waals surface area (Å²) in [5.41, 5.74) is 6.56. The van der Waals surface area contributed by atoms with Gasteiger partial charge in [0, 0.05) is 10.6 Å². The second kappa shape index (κ2) is 6.88. The molecule has 106 valence electrons. The maximum atomic E-state index is 12.9. The molecule has 2 rings (SSSR count). The largest absolute Gasteiger partial charge is 0.271 e. The number of hydrogen-bond acceptors (Lipinski definition) is 3. The lowest BCUT2D eigenvalue weighted by molar-refractivity contribution is 0.610. The zero-order chi connectivity index (χ0) is 14.5. The van der Waals surface area contributed by atoms with Gasteiger partial charge in [-0.3, -0.25) is 11.3 Å². The number of thioether (sulfide) groups is 1. The number of nitrogens with one attached hydrogen (secondary N) is 1. The highest BCUT2D eigenvalue weighted by atomic mass is 32.2. The van der Waals surface area contributed by atoms with E-state index >= 15 is 0 Å². The first-order valence-electron chi connectivity index (χ1n) is 6.52. The molecule has 4 heteroatoms. The zero-order valence-electron chi connectivity index (χ0n) is 11.7. The van der Waals surface area contributed by atoms with E-state index in [0.717, 1.165) is 10.6 Å². The topological polar surface area (TPSA) is 38.0 Å². The van der Waals surface area contributed by atoms with Crippen LogP contribution in [0.25, 0.3) is 0 Å². The smallest absolute Gasteiger partial charge is 0.123 e. The van der Waals surface area contributed by atoms with Crippen LogP contribution in [0.3, 0.4) is 0 Å². The highest BCUT2D eigenvalue weighted by Crippen LogP contribution is 2.25. The van der Waals surface area contributed by atoms with E-state index in [0.29, 0.717) is 0 Å². The van der Waals surface area contributed by atoms with Crippen molar-refractivity contribution in [2.24, 2.45) is 5.84 Å². The minimum atomic E-state index is -0.211. The van der Waals surface area contributed by atoms with E-state index in [-0.39, 0.29) is 11.9 Å². The van der Waals surface area contributed by atoms with E-state index < -0.39 is 0 Å². The fraction of sp³-hybridized carbons (Fsp3) is 0.250. The lowest BCUT2D eigenvalue weighted by atomic mass is 10.0. The van der Waals surface area contributed by atoms with Crippen molar-refractivity contribution in [2.75, 3.05) is 5.75 Å². The molecule has 0 spiro atoms. The maximum absolute atomic E-state index is 12.9. The van der Waals surface area contributed by atoms with E-state index in [1.54, 1.807) is 23.9 Å². The summed E-state index contributed by atoms with van der Waals surface area (Å²) in [5.74, 6) is 6.24. The molecule has 3 N–H and O–H groups in total. The lowest BCUT2D eigenvalue weighted by Gasteiger charge is -2.17. The molecule has 2 nitrogen and oxygen atoms in total. The summed E-state index contributed by atoms with van der Waals surface area (Å²) in [6.07, 6.45) is 0. The van der Waals surface area contributed by atoms with Gasteiger partial charge in [-0.2, -0.15) is 0 Å². The van der Waals surface area contributed by atoms with Gasteiger partial charge in [0.25, 0.3) is 0 Å². The Morgan fingerprint density at radius 1 is 1.10 bits per heavy atom. The molecule has 0 heterocycles. The maximum Gasteiger partial charge on any atom is 0.123 e. The lowest BCUT2D eigenvalue weighted by Crippen LogP contribution is -2.29. The fourth-order valence-electron chi connectivity index (χ4n) is 1.93. The average molecular weight is 290 g/mol. The molecule has 0 aliphatic rings. The monoisotopic (exact) mass is 290 g/mol. The van der Waals surface area contributed by atoms with Crippen molar-refractivity contribution in [1.29, 1.82) is 0 Å². The van der Waals surface area contributed by atoms with Crippen molar-refractivity contribution in [3.8, 4) is 0 Å². The summed E-state index contributed by atoms with van der Waals surface area (Å²) in [4.78, 5) is 1.04. The van der Waals surface area contributed by atoms with Crippen LogP contribution in [-0.2, 0) is 0 Å². The summed E-state index contributed by atoms with van der Waals surface area (Å²) in [5, 5.41) is 0. The summed E-state index contributed by atoms with van der Waals surface area (Å²) in [6, 6.07) is 13.0. The molecule has 1 unspecified atom stereocenters. The van der Waals surface area contributed by atoms with Crippen LogP contribution in [-0.4, -0.2) is 5.75 Å². The third-order valence-corrected chi connectivity index (χ3v) is 4.47. The predicted molar refractivity (Wildman–Crippen MR) is 83.1 cm³/mol. The Labute approximate surface area is 123 Å². The van der Waals surface area contributed by atoms with Crippen LogP contribution in [0, 0.1) is 19.7 Å². The molecule has 0 amide bonds. The normalized spacial score (nSPS) is 12.4. The molecule has 2 aromatic carbocycles. The van der Waals surface area contributed by atoms with E-state index in [9.17, 15) is 4.39 Å². The standard InChI is InChI=1S/C16H19FN2S/c1-11-3-4-13(9-12(11)2)16(19-18)10-20-15-7-5-14(17)6-8-15/h3-9,16,19H,10,18H2,1-2H3. The summed E-state index contributed by atoms with van der Waals surface area (Å²) in [7, 11) is 0. The van der Waals surface area contributed by atoms with Crippen LogP contribution in [0.15, 0.2) is 47.4 Å². The van der Waals surface area contributed by atoms with Gasteiger partial charge in [-0.1, -0.05) is 18.2 Å². The Bertz CT molecular complexity index is 569. The van der Waals surface area contributed by atoms with E-state index in [1.807, 2.05) is 0 Å². The molecule has 0 radical (unpaired) electrons. The number of benzene rings is 2. The average Bonchev–Trinajstić information content (AvgIpc) is 2.45. The van der Waals surface area contributed by atoms with Crippen LogP contribution in [0.2, 0.25) is 0 Å². The highest BCUT2D eigenvalue weighted by molar-refractivity contribution is 7.99. The highest BCUT2D eigenvalue weighted by Gasteiger charge is 2.11. The van der Waals surface area contributed by atoms with Crippen LogP contribution in [0.5, 0.6) is 0 Å². The Hall–Kier alpha value is -1.36. The molecule has 0 aromatic heterocycles. The van der Waals surface area contributed by atoms with Gasteiger partial charge in [-0.05, 0) is 54.8 Å². The van der Waals surface area contributed by atoms with Gasteiger partial charge in [0.2, 0.25) is 0 Å². The van der Waals surface area contributed by atoms with Gasteiger partial charge >= 0.3 is 0 Å². The Kier molecular flexibility index (Phi) is 5.17. The predicted octanol–water partition coefficient (Wildman–Crippen LogP) is 3.74. The molecule has 0 fully saturated rings. The molecule has 0 saturated carbocycles. The first-order chi connectivity index (χ1) is 9.60. The van der Waals surface area contributed by atoms with Crippen LogP contribution in [0.1, 0.15) is 22.7 Å². The van der Waals surface area contributed by atoms with Crippen molar-refractivity contribution in [3.63, 3.8) is 0 Å². The second-order valence-electron chi connectivity index (χ2n) is 4.83. The van der Waals surface area contributed by atoms with Gasteiger partial charge in [0.15, 0.2) is 0 Å². The van der Waals surface area contributed by atoms with Gasteiger partial charge in [-0.15, -0.1) is 11.8 Å². The van der Waals surface area contributed by atoms with E-state index in [2.05, 4.69) is 37.5 Å². The van der Waals surface area contributed by atoms with Gasteiger partial charge in [0.05, 0.1) is 6.04 Å². The summed E-state index contributed by atoms with van der Waals surface area (Å²) < 4.78 is 12.9. The first kappa shape index (κ1) is 15.0. The van der Waals surface area contributed by atoms with Crippen molar-refractivity contribution < 1.29 is 4.39 Å². The molecule has 20 heavy (non-hydrogen) atoms. The molecule has 0 saturated heterocycles. The van der Waals surface area contributed by atoms with Gasteiger partial charge in [-0.25, -0.2) is 4.39 Å². The van der Waals surface area contributed by atoms with Crippen LogP contribution in [0.4, 0.5) is 4.39 Å². The summed E-state index contributed by atoms with van der Waals surface area (Å²) >= 11 is 1.66. The first-order valence-corrected chi connectivity index (χ1v) is 7.50. The Balaban J connectivity index is 2.05. The van der Waals surface area contributed by atoms with Crippen molar-refractivity contribution in [1.82, 2.24) is 5.43 Å². The minimum Gasteiger partial charge on any atom is -0.271 e. The number of nitrogens with two attached hydrogens (primary N) is 1. The quantitative estimate of drug-likeness (QED) is 0.500. The Morgan fingerprint density at radius 2 is 1.80 bits per heavy atom. The van der Waals surface area contributed by atoms with E-state index in [4.69, 9.17) is 5.84 Å². The number of hydrogen-bond donors (Lipinski definition) is 2. The molecule has 1 atom stereocenters. The van der Waals surface area contributed by atoms with Gasteiger partial charge in [0.1, 0.15) is 5.82 Å². The molecule has 0 aliphatic heterocycles. The molecule has 0 aliphatic carbocycles. The second-order valence-corrected chi connectivity index (χ2v) is 5.92. The minimum absolute atomic E-state index is 0.0735. The van der Waals surface area contributed by atoms with Crippen molar-refractivity contribution in [2.45, 2.75) is 24.8 Å². The fourth-order valence-corrected chi connectivity index (χ4v) is 2.91. The Morgan fingerprint density at radius 3 is 2.40 bits per heavy atom. The van der Waals surface area contributed by atoms with E-state index in [1.165, 1.54) is 28.8 Å². The molecule has 0 bridgehead atoms. The molecular formula is C16H19FN2S. The van der Waals surface area contributed by atoms with Crippen molar-refractivity contribution in [3.05, 3.63) is 65.0 Å². The SMILES string of the molecule is Cc1ccc(C(CSc2ccc(F)cc2)NN)cc1C. The third kappa shape index (κ3) is 3.82. The van der Waals surface area contributed by atoms with Crippen molar-refractivity contribution >= 4 is 11.8 Å². The molecule has 2 aromatic rings. The van der Waals surface area contributed by atoms with Crippen LogP contribution < -0.4 is 11.3 Å². The van der Waals surface area contributed by atoms with Gasteiger partial charge < -0.3 is 0 Å². The van der Waals surface area contributed by atoms with Crippen LogP contribution >= 0.6 is 11.8 Å². The zero-order valence-corrected chi connectivity index (χ0v) is 12.5. The number of rotatable bonds is 5. The number of aryl methyl sites for hydroxylation is 2.